The molecule has 0 bridgehead atoms. The number of hydrogen-bond acceptors (Lipinski definition) is 3. The van der Waals surface area contributed by atoms with E-state index in [0.29, 0.717) is 22.4 Å². The van der Waals surface area contributed by atoms with Crippen LogP contribution in [0.1, 0.15) is 21.5 Å². The third-order valence-electron chi connectivity index (χ3n) is 2.13. The van der Waals surface area contributed by atoms with Crippen molar-refractivity contribution in [2.45, 2.75) is 6.92 Å². The lowest BCUT2D eigenvalue weighted by Gasteiger charge is -2.09. The maximum atomic E-state index is 11.5. The van der Waals surface area contributed by atoms with Crippen LogP contribution in [0.15, 0.2) is 12.1 Å². The summed E-state index contributed by atoms with van der Waals surface area (Å²) < 4.78 is 5.08. The van der Waals surface area contributed by atoms with Crippen LogP contribution in [0.25, 0.3) is 0 Å². The number of carbonyl (C=O) groups is 1. The highest BCUT2D eigenvalue weighted by atomic mass is 35.5. The molecule has 0 aliphatic rings. The Balaban J connectivity index is 3.38. The zero-order valence-electron chi connectivity index (χ0n) is 8.50. The number of nitrogens with zero attached hydrogens (tertiary/aromatic N) is 1. The van der Waals surface area contributed by atoms with Crippen LogP contribution in [0.5, 0.6) is 5.75 Å². The van der Waals surface area contributed by atoms with Gasteiger partial charge in [0.05, 0.1) is 24.6 Å². The lowest BCUT2D eigenvalue weighted by Crippen LogP contribution is -2.05. The van der Waals surface area contributed by atoms with E-state index in [1.54, 1.807) is 13.0 Å². The van der Waals surface area contributed by atoms with Gasteiger partial charge in [-0.05, 0) is 19.1 Å². The Morgan fingerprint density at radius 3 is 2.73 bits per heavy atom. The number of benzene rings is 1. The second-order valence-electron chi connectivity index (χ2n) is 3.02. The number of alkyl halides is 1. The number of ketones is 1. The molecule has 0 saturated heterocycles. The minimum absolute atomic E-state index is 0.0983. The van der Waals surface area contributed by atoms with E-state index in [0.717, 1.165) is 0 Å². The number of hydrogen-bond donors (Lipinski definition) is 0. The molecule has 0 spiro atoms. The van der Waals surface area contributed by atoms with E-state index in [4.69, 9.17) is 21.6 Å². The van der Waals surface area contributed by atoms with E-state index in [9.17, 15) is 4.79 Å². The van der Waals surface area contributed by atoms with Gasteiger partial charge < -0.3 is 4.74 Å². The molecule has 0 radical (unpaired) electrons. The first-order valence-corrected chi connectivity index (χ1v) is 4.85. The Labute approximate surface area is 93.2 Å². The predicted octanol–water partition coefficient (Wildman–Crippen LogP) is 2.30. The largest absolute Gasteiger partial charge is 0.496 e. The van der Waals surface area contributed by atoms with Crippen molar-refractivity contribution in [1.29, 1.82) is 5.26 Å². The molecule has 0 saturated carbocycles. The van der Waals surface area contributed by atoms with Crippen LogP contribution in [0.2, 0.25) is 0 Å². The summed E-state index contributed by atoms with van der Waals surface area (Å²) in [4.78, 5) is 11.5. The monoisotopic (exact) mass is 223 g/mol. The maximum Gasteiger partial charge on any atom is 0.178 e. The Hall–Kier alpha value is -1.53. The van der Waals surface area contributed by atoms with Gasteiger partial charge in [-0.3, -0.25) is 4.79 Å². The smallest absolute Gasteiger partial charge is 0.178 e. The number of methoxy groups -OCH3 is 1. The third-order valence-corrected chi connectivity index (χ3v) is 2.37. The number of Topliss-reactive ketones (excluding diaryl/α,β-unsaturated/α-hetero) is 1. The van der Waals surface area contributed by atoms with Gasteiger partial charge >= 0.3 is 0 Å². The number of halogens is 1. The zero-order valence-corrected chi connectivity index (χ0v) is 9.26. The fourth-order valence-corrected chi connectivity index (χ4v) is 1.47. The van der Waals surface area contributed by atoms with E-state index < -0.39 is 0 Å². The topological polar surface area (TPSA) is 50.1 Å². The molecular weight excluding hydrogens is 214 g/mol. The highest BCUT2D eigenvalue weighted by Gasteiger charge is 2.13. The molecule has 1 aromatic carbocycles. The summed E-state index contributed by atoms with van der Waals surface area (Å²) in [5.74, 6) is 0.228. The molecule has 0 fully saturated rings. The van der Waals surface area contributed by atoms with Crippen molar-refractivity contribution in [3.8, 4) is 11.8 Å². The number of ether oxygens (including phenoxy) is 1. The van der Waals surface area contributed by atoms with Crippen LogP contribution in [0, 0.1) is 18.3 Å². The Bertz CT molecular complexity index is 435. The van der Waals surface area contributed by atoms with Crippen molar-refractivity contribution < 1.29 is 9.53 Å². The van der Waals surface area contributed by atoms with Crippen LogP contribution in [-0.2, 0) is 0 Å². The molecular formula is C11H10ClNO2. The predicted molar refractivity (Wildman–Crippen MR) is 57.5 cm³/mol. The van der Waals surface area contributed by atoms with Crippen molar-refractivity contribution in [1.82, 2.24) is 0 Å². The molecule has 0 amide bonds. The summed E-state index contributed by atoms with van der Waals surface area (Å²) >= 11 is 5.48. The molecule has 0 N–H and O–H groups in total. The summed E-state index contributed by atoms with van der Waals surface area (Å²) in [5, 5.41) is 8.78. The highest BCUT2D eigenvalue weighted by molar-refractivity contribution is 6.30. The Morgan fingerprint density at radius 2 is 2.27 bits per heavy atom. The Kier molecular flexibility index (Phi) is 3.70. The summed E-state index contributed by atoms with van der Waals surface area (Å²) in [6.45, 7) is 1.76. The summed E-state index contributed by atoms with van der Waals surface area (Å²) in [6.07, 6.45) is 0. The minimum Gasteiger partial charge on any atom is -0.496 e. The fraction of sp³-hybridized carbons (Fsp3) is 0.273. The third kappa shape index (κ3) is 2.28. The van der Waals surface area contributed by atoms with Gasteiger partial charge in [0.1, 0.15) is 5.75 Å². The second-order valence-corrected chi connectivity index (χ2v) is 3.29. The summed E-state index contributed by atoms with van der Waals surface area (Å²) in [7, 11) is 1.50. The molecule has 1 rings (SSSR count). The van der Waals surface area contributed by atoms with E-state index in [1.165, 1.54) is 13.2 Å². The van der Waals surface area contributed by atoms with Gasteiger partial charge in [-0.15, -0.1) is 11.6 Å². The molecule has 78 valence electrons. The second kappa shape index (κ2) is 4.81. The first kappa shape index (κ1) is 11.5. The average Bonchev–Trinajstić information content (AvgIpc) is 2.28. The molecule has 3 nitrogen and oxygen atoms in total. The molecule has 0 aliphatic heterocycles. The maximum absolute atomic E-state index is 11.5. The van der Waals surface area contributed by atoms with Crippen LogP contribution >= 0.6 is 11.6 Å². The van der Waals surface area contributed by atoms with Crippen LogP contribution in [0.3, 0.4) is 0 Å². The molecule has 0 atom stereocenters. The molecule has 0 aromatic heterocycles. The molecule has 0 heterocycles. The number of nitriles is 1. The van der Waals surface area contributed by atoms with Crippen LogP contribution < -0.4 is 4.74 Å². The number of rotatable bonds is 3. The van der Waals surface area contributed by atoms with E-state index in [-0.39, 0.29) is 11.7 Å². The van der Waals surface area contributed by atoms with Crippen molar-refractivity contribution >= 4 is 17.4 Å². The lowest BCUT2D eigenvalue weighted by atomic mass is 10.0. The van der Waals surface area contributed by atoms with Crippen molar-refractivity contribution in [3.05, 3.63) is 28.8 Å². The zero-order chi connectivity index (χ0) is 11.4. The van der Waals surface area contributed by atoms with Gasteiger partial charge in [-0.25, -0.2) is 0 Å². The van der Waals surface area contributed by atoms with E-state index in [1.807, 2.05) is 6.07 Å². The molecule has 4 heteroatoms. The van der Waals surface area contributed by atoms with Crippen molar-refractivity contribution in [2.75, 3.05) is 13.0 Å². The normalized spacial score (nSPS) is 9.47. The van der Waals surface area contributed by atoms with Crippen molar-refractivity contribution in [2.24, 2.45) is 0 Å². The van der Waals surface area contributed by atoms with Gasteiger partial charge in [0, 0.05) is 11.1 Å². The van der Waals surface area contributed by atoms with E-state index >= 15 is 0 Å². The first-order chi connectivity index (χ1) is 7.13. The first-order valence-electron chi connectivity index (χ1n) is 4.32. The number of carbonyl (C=O) groups excluding carboxylic acids is 1. The van der Waals surface area contributed by atoms with Gasteiger partial charge in [-0.2, -0.15) is 5.26 Å². The van der Waals surface area contributed by atoms with Crippen molar-refractivity contribution in [3.63, 3.8) is 0 Å². The van der Waals surface area contributed by atoms with Gasteiger partial charge in [0.25, 0.3) is 0 Å². The highest BCUT2D eigenvalue weighted by Crippen LogP contribution is 2.24. The van der Waals surface area contributed by atoms with Crippen LogP contribution in [0.4, 0.5) is 0 Å². The van der Waals surface area contributed by atoms with Gasteiger partial charge in [0.2, 0.25) is 0 Å². The van der Waals surface area contributed by atoms with Gasteiger partial charge in [-0.1, -0.05) is 0 Å². The Morgan fingerprint density at radius 1 is 1.60 bits per heavy atom. The summed E-state index contributed by atoms with van der Waals surface area (Å²) in [6, 6.07) is 5.10. The quantitative estimate of drug-likeness (QED) is 0.584. The molecule has 0 unspecified atom stereocenters. The average molecular weight is 224 g/mol. The molecule has 0 aliphatic carbocycles. The summed E-state index contributed by atoms with van der Waals surface area (Å²) in [5.41, 5.74) is 1.55. The van der Waals surface area contributed by atoms with Crippen LogP contribution in [-0.4, -0.2) is 18.8 Å². The fourth-order valence-electron chi connectivity index (χ4n) is 1.33. The lowest BCUT2D eigenvalue weighted by molar-refractivity contribution is 0.102. The SMILES string of the molecule is COc1cc(C#N)cc(C(=O)CCl)c1C. The molecule has 1 aromatic rings. The standard InChI is InChI=1S/C11H10ClNO2/c1-7-9(10(14)5-12)3-8(6-13)4-11(7)15-2/h3-4H,5H2,1-2H3. The molecule has 15 heavy (non-hydrogen) atoms. The van der Waals surface area contributed by atoms with Gasteiger partial charge in [0.15, 0.2) is 5.78 Å². The minimum atomic E-state index is -0.204. The van der Waals surface area contributed by atoms with E-state index in [2.05, 4.69) is 0 Å².